The van der Waals surface area contributed by atoms with E-state index in [0.29, 0.717) is 23.2 Å². The molecule has 0 saturated carbocycles. The van der Waals surface area contributed by atoms with Gasteiger partial charge >= 0.3 is 0 Å². The van der Waals surface area contributed by atoms with Crippen LogP contribution in [0.3, 0.4) is 0 Å². The first-order valence-electron chi connectivity index (χ1n) is 9.08. The number of nitrogens with zero attached hydrogens (tertiary/aromatic N) is 2. The monoisotopic (exact) mass is 358 g/mol. The van der Waals surface area contributed by atoms with Gasteiger partial charge in [0.15, 0.2) is 5.69 Å². The molecule has 25 heavy (non-hydrogen) atoms. The van der Waals surface area contributed by atoms with Crippen LogP contribution in [0.5, 0.6) is 0 Å². The largest absolute Gasteiger partial charge is 0.350 e. The Morgan fingerprint density at radius 2 is 1.96 bits per heavy atom. The Morgan fingerprint density at radius 3 is 2.68 bits per heavy atom. The predicted molar refractivity (Wildman–Crippen MR) is 98.5 cm³/mol. The Bertz CT molecular complexity index is 764. The van der Waals surface area contributed by atoms with Gasteiger partial charge < -0.3 is 10.6 Å². The summed E-state index contributed by atoms with van der Waals surface area (Å²) in [6, 6.07) is 7.65. The number of aromatic nitrogens is 2. The normalized spacial score (nSPS) is 17.5. The number of carbonyl (C=O) groups is 1. The van der Waals surface area contributed by atoms with Gasteiger partial charge in [-0.15, -0.1) is 0 Å². The number of carbonyl (C=O) groups excluding carboxylic acids is 1. The first kappa shape index (κ1) is 16.6. The van der Waals surface area contributed by atoms with Gasteiger partial charge in [0, 0.05) is 41.8 Å². The minimum Gasteiger partial charge on any atom is -0.350 e. The molecule has 0 radical (unpaired) electrons. The molecule has 1 saturated heterocycles. The van der Waals surface area contributed by atoms with Gasteiger partial charge in [-0.1, -0.05) is 18.0 Å². The zero-order valence-electron chi connectivity index (χ0n) is 14.2. The summed E-state index contributed by atoms with van der Waals surface area (Å²) in [5.74, 6) is 0.499. The Hall–Kier alpha value is -1.85. The van der Waals surface area contributed by atoms with E-state index in [9.17, 15) is 4.79 Å². The van der Waals surface area contributed by atoms with Gasteiger partial charge in [-0.05, 0) is 49.9 Å². The van der Waals surface area contributed by atoms with Crippen LogP contribution >= 0.6 is 11.6 Å². The van der Waals surface area contributed by atoms with Crippen molar-refractivity contribution in [3.63, 3.8) is 0 Å². The highest BCUT2D eigenvalue weighted by Gasteiger charge is 2.25. The van der Waals surface area contributed by atoms with Crippen molar-refractivity contribution in [1.29, 1.82) is 0 Å². The van der Waals surface area contributed by atoms with Crippen LogP contribution < -0.4 is 10.6 Å². The van der Waals surface area contributed by atoms with Gasteiger partial charge in [0.25, 0.3) is 5.91 Å². The van der Waals surface area contributed by atoms with Gasteiger partial charge in [0.2, 0.25) is 0 Å². The molecule has 0 unspecified atom stereocenters. The molecule has 1 amide bonds. The predicted octanol–water partition coefficient (Wildman–Crippen LogP) is 2.74. The maximum atomic E-state index is 12.7. The molecule has 1 aliphatic carbocycles. The van der Waals surface area contributed by atoms with Crippen molar-refractivity contribution in [1.82, 2.24) is 20.4 Å². The molecule has 2 aliphatic rings. The molecule has 1 aromatic carbocycles. The van der Waals surface area contributed by atoms with Crippen molar-refractivity contribution in [2.75, 3.05) is 19.6 Å². The van der Waals surface area contributed by atoms with E-state index >= 15 is 0 Å². The molecule has 132 valence electrons. The maximum Gasteiger partial charge on any atom is 0.272 e. The molecular formula is C19H23ClN4O. The molecule has 1 aliphatic heterocycles. The highest BCUT2D eigenvalue weighted by Crippen LogP contribution is 2.27. The van der Waals surface area contributed by atoms with Gasteiger partial charge in [0.1, 0.15) is 0 Å². The molecule has 0 spiro atoms. The van der Waals surface area contributed by atoms with Gasteiger partial charge in [-0.2, -0.15) is 5.10 Å². The molecule has 0 bridgehead atoms. The molecule has 4 rings (SSSR count). The lowest BCUT2D eigenvalue weighted by molar-refractivity contribution is 0.0936. The van der Waals surface area contributed by atoms with Gasteiger partial charge in [0.05, 0.1) is 5.69 Å². The third kappa shape index (κ3) is 3.44. The summed E-state index contributed by atoms with van der Waals surface area (Å²) in [4.78, 5) is 12.7. The number of benzene rings is 1. The van der Waals surface area contributed by atoms with E-state index in [0.717, 1.165) is 50.0 Å². The SMILES string of the molecule is O=C(NCC1CNC1)c1nn(-c2ccc(Cl)cc2)c2c1CCCCC2. The van der Waals surface area contributed by atoms with Gasteiger partial charge in [-0.3, -0.25) is 4.79 Å². The molecule has 1 aromatic heterocycles. The van der Waals surface area contributed by atoms with Crippen molar-refractivity contribution < 1.29 is 4.79 Å². The second kappa shape index (κ2) is 7.18. The fourth-order valence-corrected chi connectivity index (χ4v) is 3.69. The van der Waals surface area contributed by atoms with Crippen molar-refractivity contribution in [3.8, 4) is 5.69 Å². The van der Waals surface area contributed by atoms with Gasteiger partial charge in [-0.25, -0.2) is 4.68 Å². The zero-order chi connectivity index (χ0) is 17.2. The van der Waals surface area contributed by atoms with Crippen LogP contribution in [0.15, 0.2) is 24.3 Å². The topological polar surface area (TPSA) is 59.0 Å². The second-order valence-electron chi connectivity index (χ2n) is 6.96. The average molecular weight is 359 g/mol. The molecule has 2 aromatic rings. The first-order chi connectivity index (χ1) is 12.2. The second-order valence-corrected chi connectivity index (χ2v) is 7.39. The van der Waals surface area contributed by atoms with E-state index in [1.54, 1.807) is 0 Å². The minimum atomic E-state index is -0.0437. The molecule has 0 atom stereocenters. The average Bonchev–Trinajstić information content (AvgIpc) is 2.76. The summed E-state index contributed by atoms with van der Waals surface area (Å²) < 4.78 is 1.94. The number of fused-ring (bicyclic) bond motifs is 1. The fraction of sp³-hybridized carbons (Fsp3) is 0.474. The molecule has 6 heteroatoms. The van der Waals surface area contributed by atoms with E-state index in [4.69, 9.17) is 16.7 Å². The van der Waals surface area contributed by atoms with Crippen LogP contribution in [0, 0.1) is 5.92 Å². The molecule has 5 nitrogen and oxygen atoms in total. The van der Waals surface area contributed by atoms with Crippen LogP contribution in [0.2, 0.25) is 5.02 Å². The highest BCUT2D eigenvalue weighted by molar-refractivity contribution is 6.30. The number of hydrogen-bond acceptors (Lipinski definition) is 3. The van der Waals surface area contributed by atoms with Crippen LogP contribution in [0.25, 0.3) is 5.69 Å². The summed E-state index contributed by atoms with van der Waals surface area (Å²) >= 11 is 6.02. The standard InChI is InChI=1S/C19H23ClN4O/c20-14-6-8-15(9-7-14)24-17-5-3-1-2-4-16(17)18(23-24)19(25)22-12-13-10-21-11-13/h6-9,13,21H,1-5,10-12H2,(H,22,25). The van der Waals surface area contributed by atoms with Crippen LogP contribution in [-0.2, 0) is 12.8 Å². The lowest BCUT2D eigenvalue weighted by Crippen LogP contribution is -2.48. The molecular weight excluding hydrogens is 336 g/mol. The van der Waals surface area contributed by atoms with Crippen molar-refractivity contribution in [2.45, 2.75) is 32.1 Å². The smallest absolute Gasteiger partial charge is 0.272 e. The maximum absolute atomic E-state index is 12.7. The van der Waals surface area contributed by atoms with Crippen LogP contribution in [0.1, 0.15) is 41.0 Å². The third-order valence-corrected chi connectivity index (χ3v) is 5.39. The summed E-state index contributed by atoms with van der Waals surface area (Å²) in [6.45, 7) is 2.68. The van der Waals surface area contributed by atoms with E-state index in [1.807, 2.05) is 28.9 Å². The molecule has 1 fully saturated rings. The summed E-state index contributed by atoms with van der Waals surface area (Å²) in [7, 11) is 0. The van der Waals surface area contributed by atoms with E-state index in [-0.39, 0.29) is 5.91 Å². The number of nitrogens with one attached hydrogen (secondary N) is 2. The Morgan fingerprint density at radius 1 is 1.20 bits per heavy atom. The van der Waals surface area contributed by atoms with E-state index < -0.39 is 0 Å². The van der Waals surface area contributed by atoms with E-state index in [1.165, 1.54) is 12.1 Å². The van der Waals surface area contributed by atoms with Crippen molar-refractivity contribution >= 4 is 17.5 Å². The number of amides is 1. The van der Waals surface area contributed by atoms with Crippen molar-refractivity contribution in [2.24, 2.45) is 5.92 Å². The Kier molecular flexibility index (Phi) is 4.77. The first-order valence-corrected chi connectivity index (χ1v) is 9.46. The third-order valence-electron chi connectivity index (χ3n) is 5.13. The lowest BCUT2D eigenvalue weighted by atomic mass is 10.0. The number of halogens is 1. The van der Waals surface area contributed by atoms with E-state index in [2.05, 4.69) is 10.6 Å². The minimum absolute atomic E-state index is 0.0437. The number of hydrogen-bond donors (Lipinski definition) is 2. The molecule has 2 N–H and O–H groups in total. The fourth-order valence-electron chi connectivity index (χ4n) is 3.57. The summed E-state index contributed by atoms with van der Waals surface area (Å²) in [5.41, 5.74) is 3.86. The Labute approximate surface area is 152 Å². The van der Waals surface area contributed by atoms with Crippen LogP contribution in [-0.4, -0.2) is 35.3 Å². The number of rotatable bonds is 4. The quantitative estimate of drug-likeness (QED) is 0.826. The van der Waals surface area contributed by atoms with Crippen molar-refractivity contribution in [3.05, 3.63) is 46.2 Å². The molecule has 2 heterocycles. The Balaban J connectivity index is 1.66. The summed E-state index contributed by atoms with van der Waals surface area (Å²) in [6.07, 6.45) is 5.35. The van der Waals surface area contributed by atoms with Crippen LogP contribution in [0.4, 0.5) is 0 Å². The lowest BCUT2D eigenvalue weighted by Gasteiger charge is -2.26. The highest BCUT2D eigenvalue weighted by atomic mass is 35.5. The summed E-state index contributed by atoms with van der Waals surface area (Å²) in [5, 5.41) is 11.7. The zero-order valence-corrected chi connectivity index (χ0v) is 15.0.